The summed E-state index contributed by atoms with van der Waals surface area (Å²) in [7, 11) is 0.645. The minimum Gasteiger partial charge on any atom is -0.495 e. The molecule has 2 N–H and O–H groups in total. The standard InChI is InChI=1S/C21H35N3O4S/c1-21(2,3)16-9-7-8-10-17(16)22-14-20(25)23-15-11-12-18(28-6)19(13-15)29(26,27)24(4)5/h11-13,16-17,22H,7-10,14H2,1-6H3,(H,23,25). The van der Waals surface area contributed by atoms with Crippen molar-refractivity contribution in [1.82, 2.24) is 9.62 Å². The zero-order valence-electron chi connectivity index (χ0n) is 18.4. The maximum Gasteiger partial charge on any atom is 0.246 e. The van der Waals surface area contributed by atoms with Crippen molar-refractivity contribution >= 4 is 21.6 Å². The summed E-state index contributed by atoms with van der Waals surface area (Å²) >= 11 is 0. The summed E-state index contributed by atoms with van der Waals surface area (Å²) in [6, 6.07) is 4.94. The van der Waals surface area contributed by atoms with Crippen molar-refractivity contribution in [3.05, 3.63) is 18.2 Å². The second-order valence-corrected chi connectivity index (χ2v) is 11.1. The number of hydrogen-bond donors (Lipinski definition) is 2. The van der Waals surface area contributed by atoms with Crippen molar-refractivity contribution < 1.29 is 17.9 Å². The second kappa shape index (κ2) is 9.45. The van der Waals surface area contributed by atoms with E-state index in [9.17, 15) is 13.2 Å². The van der Waals surface area contributed by atoms with E-state index in [1.807, 2.05) is 0 Å². The van der Waals surface area contributed by atoms with Crippen LogP contribution in [0.25, 0.3) is 0 Å². The van der Waals surface area contributed by atoms with Gasteiger partial charge >= 0.3 is 0 Å². The Morgan fingerprint density at radius 3 is 2.45 bits per heavy atom. The lowest BCUT2D eigenvalue weighted by molar-refractivity contribution is -0.115. The maximum absolute atomic E-state index is 12.5. The van der Waals surface area contributed by atoms with Gasteiger partial charge in [-0.25, -0.2) is 12.7 Å². The highest BCUT2D eigenvalue weighted by Gasteiger charge is 2.34. The highest BCUT2D eigenvalue weighted by molar-refractivity contribution is 7.89. The van der Waals surface area contributed by atoms with Gasteiger partial charge in [0.15, 0.2) is 0 Å². The van der Waals surface area contributed by atoms with E-state index in [1.54, 1.807) is 12.1 Å². The van der Waals surface area contributed by atoms with Gasteiger partial charge in [-0.1, -0.05) is 33.6 Å². The molecule has 2 unspecified atom stereocenters. The first-order chi connectivity index (χ1) is 13.5. The lowest BCUT2D eigenvalue weighted by Gasteiger charge is -2.40. The molecule has 2 atom stereocenters. The molecule has 1 saturated carbocycles. The summed E-state index contributed by atoms with van der Waals surface area (Å²) < 4.78 is 31.4. The first-order valence-corrected chi connectivity index (χ1v) is 11.5. The Bertz CT molecular complexity index is 816. The molecule has 0 spiro atoms. The van der Waals surface area contributed by atoms with Crippen LogP contribution in [0.3, 0.4) is 0 Å². The van der Waals surface area contributed by atoms with E-state index in [0.29, 0.717) is 17.6 Å². The average molecular weight is 426 g/mol. The topological polar surface area (TPSA) is 87.7 Å². The van der Waals surface area contributed by atoms with Crippen LogP contribution in [-0.4, -0.2) is 52.4 Å². The summed E-state index contributed by atoms with van der Waals surface area (Å²) in [5.74, 6) is 0.577. The fourth-order valence-corrected chi connectivity index (χ4v) is 5.07. The Morgan fingerprint density at radius 2 is 1.86 bits per heavy atom. The van der Waals surface area contributed by atoms with Gasteiger partial charge in [-0.3, -0.25) is 4.79 Å². The normalized spacial score (nSPS) is 20.5. The third kappa shape index (κ3) is 5.93. The van der Waals surface area contributed by atoms with Crippen LogP contribution in [0.5, 0.6) is 5.75 Å². The molecule has 0 aliphatic heterocycles. The van der Waals surface area contributed by atoms with Crippen LogP contribution >= 0.6 is 0 Å². The number of ether oxygens (including phenoxy) is 1. The molecule has 1 aliphatic rings. The van der Waals surface area contributed by atoms with Gasteiger partial charge in [0.2, 0.25) is 15.9 Å². The predicted molar refractivity (Wildman–Crippen MR) is 116 cm³/mol. The number of rotatable bonds is 7. The fourth-order valence-electron chi connectivity index (χ4n) is 3.99. The highest BCUT2D eigenvalue weighted by Crippen LogP contribution is 2.38. The zero-order chi connectivity index (χ0) is 21.8. The largest absolute Gasteiger partial charge is 0.495 e. The lowest BCUT2D eigenvalue weighted by Crippen LogP contribution is -2.46. The molecule has 8 heteroatoms. The van der Waals surface area contributed by atoms with Gasteiger partial charge in [-0.2, -0.15) is 0 Å². The van der Waals surface area contributed by atoms with Gasteiger partial charge in [0, 0.05) is 25.8 Å². The SMILES string of the molecule is COc1ccc(NC(=O)CNC2CCCCC2C(C)(C)C)cc1S(=O)(=O)N(C)C. The number of nitrogens with one attached hydrogen (secondary N) is 2. The number of carbonyl (C=O) groups excluding carboxylic acids is 1. The van der Waals surface area contributed by atoms with Crippen molar-refractivity contribution in [2.75, 3.05) is 33.1 Å². The van der Waals surface area contributed by atoms with Crippen LogP contribution in [0, 0.1) is 11.3 Å². The number of benzene rings is 1. The minimum atomic E-state index is -3.69. The molecule has 7 nitrogen and oxygen atoms in total. The Morgan fingerprint density at radius 1 is 1.21 bits per heavy atom. The maximum atomic E-state index is 12.5. The monoisotopic (exact) mass is 425 g/mol. The van der Waals surface area contributed by atoms with Crippen molar-refractivity contribution in [2.24, 2.45) is 11.3 Å². The minimum absolute atomic E-state index is 0.0239. The third-order valence-corrected chi connectivity index (χ3v) is 7.45. The van der Waals surface area contributed by atoms with E-state index < -0.39 is 10.0 Å². The Kier molecular flexibility index (Phi) is 7.70. The van der Waals surface area contributed by atoms with Gasteiger partial charge in [0.1, 0.15) is 10.6 Å². The molecule has 0 aromatic heterocycles. The van der Waals surface area contributed by atoms with E-state index in [1.165, 1.54) is 46.5 Å². The van der Waals surface area contributed by atoms with Gasteiger partial charge < -0.3 is 15.4 Å². The molecule has 1 aromatic rings. The second-order valence-electron chi connectivity index (χ2n) is 8.95. The molecule has 164 valence electrons. The molecule has 1 aliphatic carbocycles. The Labute approximate surface area is 175 Å². The number of hydrogen-bond acceptors (Lipinski definition) is 5. The first-order valence-electron chi connectivity index (χ1n) is 10.1. The molecule has 0 heterocycles. The van der Waals surface area contributed by atoms with Crippen LogP contribution in [0.15, 0.2) is 23.1 Å². The molecular formula is C21H35N3O4S. The fraction of sp³-hybridized carbons (Fsp3) is 0.667. The van der Waals surface area contributed by atoms with Gasteiger partial charge in [-0.15, -0.1) is 0 Å². The summed E-state index contributed by atoms with van der Waals surface area (Å²) in [6.45, 7) is 6.95. The van der Waals surface area contributed by atoms with E-state index in [-0.39, 0.29) is 28.5 Å². The molecule has 1 fully saturated rings. The Balaban J connectivity index is 2.07. The number of carbonyl (C=O) groups is 1. The lowest BCUT2D eigenvalue weighted by atomic mass is 9.69. The molecular weight excluding hydrogens is 390 g/mol. The van der Waals surface area contributed by atoms with E-state index in [4.69, 9.17) is 4.74 Å². The summed E-state index contributed by atoms with van der Waals surface area (Å²) in [4.78, 5) is 12.5. The number of amides is 1. The van der Waals surface area contributed by atoms with Crippen LogP contribution in [0.4, 0.5) is 5.69 Å². The molecule has 0 bridgehead atoms. The molecule has 0 saturated heterocycles. The number of methoxy groups -OCH3 is 1. The molecule has 1 amide bonds. The van der Waals surface area contributed by atoms with Crippen molar-refractivity contribution in [3.63, 3.8) is 0 Å². The van der Waals surface area contributed by atoms with Crippen molar-refractivity contribution in [2.45, 2.75) is 57.4 Å². The van der Waals surface area contributed by atoms with Crippen LogP contribution in [0.1, 0.15) is 46.5 Å². The first kappa shape index (κ1) is 23.6. The summed E-state index contributed by atoms with van der Waals surface area (Å²) in [5.41, 5.74) is 0.619. The number of sulfonamides is 1. The molecule has 0 radical (unpaired) electrons. The number of nitrogens with zero attached hydrogens (tertiary/aromatic N) is 1. The van der Waals surface area contributed by atoms with Crippen molar-refractivity contribution in [1.29, 1.82) is 0 Å². The van der Waals surface area contributed by atoms with Gasteiger partial charge in [0.25, 0.3) is 0 Å². The highest BCUT2D eigenvalue weighted by atomic mass is 32.2. The molecule has 2 rings (SSSR count). The van der Waals surface area contributed by atoms with E-state index >= 15 is 0 Å². The van der Waals surface area contributed by atoms with Crippen LogP contribution in [0.2, 0.25) is 0 Å². The zero-order valence-corrected chi connectivity index (χ0v) is 19.2. The van der Waals surface area contributed by atoms with E-state index in [0.717, 1.165) is 10.7 Å². The predicted octanol–water partition coefficient (Wildman–Crippen LogP) is 3.08. The van der Waals surface area contributed by atoms with Crippen LogP contribution < -0.4 is 15.4 Å². The third-order valence-electron chi connectivity index (χ3n) is 5.61. The summed E-state index contributed by atoms with van der Waals surface area (Å²) in [6.07, 6.45) is 4.66. The van der Waals surface area contributed by atoms with Gasteiger partial charge in [0.05, 0.1) is 13.7 Å². The Hall–Kier alpha value is -1.64. The average Bonchev–Trinajstić information content (AvgIpc) is 2.65. The molecule has 29 heavy (non-hydrogen) atoms. The smallest absolute Gasteiger partial charge is 0.246 e. The molecule has 1 aromatic carbocycles. The quantitative estimate of drug-likeness (QED) is 0.701. The van der Waals surface area contributed by atoms with Crippen LogP contribution in [-0.2, 0) is 14.8 Å². The van der Waals surface area contributed by atoms with Gasteiger partial charge in [-0.05, 0) is 42.4 Å². The van der Waals surface area contributed by atoms with E-state index in [2.05, 4.69) is 31.4 Å². The number of anilines is 1. The summed E-state index contributed by atoms with van der Waals surface area (Å²) in [5, 5.41) is 6.22. The van der Waals surface area contributed by atoms with Crippen molar-refractivity contribution in [3.8, 4) is 5.75 Å².